The van der Waals surface area contributed by atoms with Crippen LogP contribution in [0.3, 0.4) is 0 Å². The number of halogens is 1. The molecule has 0 fully saturated rings. The number of rotatable bonds is 5. The predicted octanol–water partition coefficient (Wildman–Crippen LogP) is 4.26. The second kappa shape index (κ2) is 9.04. The van der Waals surface area contributed by atoms with Gasteiger partial charge in [0, 0.05) is 32.1 Å². The van der Waals surface area contributed by atoms with Crippen LogP contribution in [0.5, 0.6) is 5.75 Å². The van der Waals surface area contributed by atoms with E-state index in [9.17, 15) is 10.1 Å². The summed E-state index contributed by atoms with van der Waals surface area (Å²) in [5, 5.41) is 12.9. The number of hydrogen-bond donors (Lipinski definition) is 1. The predicted molar refractivity (Wildman–Crippen MR) is 110 cm³/mol. The van der Waals surface area contributed by atoms with Crippen LogP contribution in [-0.4, -0.2) is 35.1 Å². The highest BCUT2D eigenvalue weighted by Gasteiger charge is 2.24. The fourth-order valence-electron chi connectivity index (χ4n) is 2.68. The van der Waals surface area contributed by atoms with Crippen LogP contribution in [0.4, 0.5) is 10.7 Å². The number of benzene rings is 2. The standard InChI is InChI=1S/C21H18ClN5O2/c1-27(2)21(28)29-17-10-4-3-8-15(17)19(26-20-24-11-6-12-25-20)16-9-5-7-14(13-23)18(16)22/h3-12,19H,1-2H3,(H,24,25,26). The van der Waals surface area contributed by atoms with Crippen LogP contribution in [0, 0.1) is 11.3 Å². The Morgan fingerprint density at radius 1 is 1.10 bits per heavy atom. The lowest BCUT2D eigenvalue weighted by Crippen LogP contribution is -2.26. The lowest BCUT2D eigenvalue weighted by atomic mass is 9.96. The summed E-state index contributed by atoms with van der Waals surface area (Å²) < 4.78 is 5.54. The van der Waals surface area contributed by atoms with Gasteiger partial charge in [0.25, 0.3) is 0 Å². The second-order valence-corrected chi connectivity index (χ2v) is 6.65. The number of amides is 1. The highest BCUT2D eigenvalue weighted by atomic mass is 35.5. The monoisotopic (exact) mass is 407 g/mol. The van der Waals surface area contributed by atoms with Gasteiger partial charge in [-0.25, -0.2) is 14.8 Å². The van der Waals surface area contributed by atoms with E-state index >= 15 is 0 Å². The van der Waals surface area contributed by atoms with E-state index in [1.165, 1.54) is 4.90 Å². The maximum Gasteiger partial charge on any atom is 0.414 e. The lowest BCUT2D eigenvalue weighted by molar-refractivity contribution is 0.171. The zero-order chi connectivity index (χ0) is 20.8. The first-order valence-electron chi connectivity index (χ1n) is 8.71. The SMILES string of the molecule is CN(C)C(=O)Oc1ccccc1C(Nc1ncccn1)c1cccc(C#N)c1Cl. The molecule has 2 aromatic carbocycles. The van der Waals surface area contributed by atoms with Gasteiger partial charge in [0.15, 0.2) is 0 Å². The highest BCUT2D eigenvalue weighted by molar-refractivity contribution is 6.32. The van der Waals surface area contributed by atoms with Gasteiger partial charge in [0.05, 0.1) is 16.6 Å². The van der Waals surface area contributed by atoms with E-state index in [0.29, 0.717) is 33.4 Å². The van der Waals surface area contributed by atoms with Gasteiger partial charge in [-0.15, -0.1) is 0 Å². The molecule has 0 saturated heterocycles. The third-order valence-corrected chi connectivity index (χ3v) is 4.51. The van der Waals surface area contributed by atoms with Gasteiger partial charge >= 0.3 is 6.09 Å². The third kappa shape index (κ3) is 4.62. The van der Waals surface area contributed by atoms with Crippen molar-refractivity contribution in [2.45, 2.75) is 6.04 Å². The normalized spacial score (nSPS) is 11.2. The summed E-state index contributed by atoms with van der Waals surface area (Å²) >= 11 is 6.51. The molecule has 29 heavy (non-hydrogen) atoms. The van der Waals surface area contributed by atoms with Gasteiger partial charge in [-0.3, -0.25) is 0 Å². The Morgan fingerprint density at radius 3 is 2.48 bits per heavy atom. The molecule has 3 rings (SSSR count). The smallest absolute Gasteiger partial charge is 0.410 e. The zero-order valence-electron chi connectivity index (χ0n) is 15.8. The first kappa shape index (κ1) is 20.1. The van der Waals surface area contributed by atoms with Crippen molar-refractivity contribution >= 4 is 23.6 Å². The van der Waals surface area contributed by atoms with Crippen LogP contribution in [0.25, 0.3) is 0 Å². The Bertz CT molecular complexity index is 1050. The Hall–Kier alpha value is -3.63. The van der Waals surface area contributed by atoms with E-state index in [1.54, 1.807) is 62.9 Å². The summed E-state index contributed by atoms with van der Waals surface area (Å²) in [5.74, 6) is 0.725. The fourth-order valence-corrected chi connectivity index (χ4v) is 2.96. The summed E-state index contributed by atoms with van der Waals surface area (Å²) in [5.41, 5.74) is 1.62. The number of nitrogens with zero attached hydrogens (tertiary/aromatic N) is 4. The Morgan fingerprint density at radius 2 is 1.79 bits per heavy atom. The first-order valence-corrected chi connectivity index (χ1v) is 9.09. The summed E-state index contributed by atoms with van der Waals surface area (Å²) in [6, 6.07) is 15.5. The molecular formula is C21H18ClN5O2. The summed E-state index contributed by atoms with van der Waals surface area (Å²) in [4.78, 5) is 21.9. The van der Waals surface area contributed by atoms with Crippen LogP contribution < -0.4 is 10.1 Å². The van der Waals surface area contributed by atoms with Crippen LogP contribution in [0.1, 0.15) is 22.7 Å². The molecule has 3 aromatic rings. The quantitative estimate of drug-likeness (QED) is 0.679. The molecular weight excluding hydrogens is 390 g/mol. The molecule has 0 spiro atoms. The number of carbonyl (C=O) groups excluding carboxylic acids is 1. The van der Waals surface area contributed by atoms with Crippen molar-refractivity contribution in [2.24, 2.45) is 0 Å². The molecule has 8 heteroatoms. The van der Waals surface area contributed by atoms with Crippen molar-refractivity contribution in [3.8, 4) is 11.8 Å². The number of nitriles is 1. The Labute approximate surface area is 173 Å². The Balaban J connectivity index is 2.12. The van der Waals surface area contributed by atoms with E-state index in [4.69, 9.17) is 16.3 Å². The minimum Gasteiger partial charge on any atom is -0.410 e. The number of para-hydroxylation sites is 1. The van der Waals surface area contributed by atoms with E-state index < -0.39 is 12.1 Å². The zero-order valence-corrected chi connectivity index (χ0v) is 16.6. The minimum absolute atomic E-state index is 0.303. The van der Waals surface area contributed by atoms with Crippen molar-refractivity contribution in [1.82, 2.24) is 14.9 Å². The molecule has 1 amide bonds. The average molecular weight is 408 g/mol. The van der Waals surface area contributed by atoms with Crippen molar-refractivity contribution in [1.29, 1.82) is 5.26 Å². The number of nitrogens with one attached hydrogen (secondary N) is 1. The van der Waals surface area contributed by atoms with Crippen molar-refractivity contribution in [3.05, 3.63) is 82.6 Å². The van der Waals surface area contributed by atoms with E-state index in [2.05, 4.69) is 21.4 Å². The molecule has 1 N–H and O–H groups in total. The topological polar surface area (TPSA) is 91.1 Å². The molecule has 1 unspecified atom stereocenters. The number of carbonyl (C=O) groups is 1. The molecule has 1 heterocycles. The molecule has 1 aromatic heterocycles. The van der Waals surface area contributed by atoms with Crippen LogP contribution in [0.15, 0.2) is 60.9 Å². The molecule has 7 nitrogen and oxygen atoms in total. The van der Waals surface area contributed by atoms with Gasteiger partial charge in [-0.2, -0.15) is 5.26 Å². The summed E-state index contributed by atoms with van der Waals surface area (Å²) in [6.07, 6.45) is 2.71. The molecule has 146 valence electrons. The molecule has 0 radical (unpaired) electrons. The second-order valence-electron chi connectivity index (χ2n) is 6.27. The van der Waals surface area contributed by atoms with Crippen molar-refractivity contribution in [3.63, 3.8) is 0 Å². The van der Waals surface area contributed by atoms with Crippen LogP contribution in [0.2, 0.25) is 5.02 Å². The van der Waals surface area contributed by atoms with Gasteiger partial charge in [0.1, 0.15) is 11.8 Å². The van der Waals surface area contributed by atoms with E-state index in [1.807, 2.05) is 12.1 Å². The summed E-state index contributed by atoms with van der Waals surface area (Å²) in [6.45, 7) is 0. The molecule has 0 aliphatic rings. The van der Waals surface area contributed by atoms with Gasteiger partial charge in [0.2, 0.25) is 5.95 Å². The maximum absolute atomic E-state index is 12.1. The Kier molecular flexibility index (Phi) is 6.27. The maximum atomic E-state index is 12.1. The van der Waals surface area contributed by atoms with Crippen LogP contribution in [-0.2, 0) is 0 Å². The molecule has 1 atom stereocenters. The van der Waals surface area contributed by atoms with E-state index in [-0.39, 0.29) is 0 Å². The fraction of sp³-hybridized carbons (Fsp3) is 0.143. The van der Waals surface area contributed by atoms with Gasteiger partial charge in [-0.05, 0) is 23.8 Å². The van der Waals surface area contributed by atoms with E-state index in [0.717, 1.165) is 0 Å². The molecule has 0 aliphatic heterocycles. The third-order valence-electron chi connectivity index (χ3n) is 4.09. The number of ether oxygens (including phenoxy) is 1. The number of hydrogen-bond acceptors (Lipinski definition) is 6. The van der Waals surface area contributed by atoms with Gasteiger partial charge in [-0.1, -0.05) is 41.9 Å². The largest absolute Gasteiger partial charge is 0.414 e. The number of anilines is 1. The summed E-state index contributed by atoms with van der Waals surface area (Å²) in [7, 11) is 3.21. The molecule has 0 aliphatic carbocycles. The highest BCUT2D eigenvalue weighted by Crippen LogP contribution is 2.36. The lowest BCUT2D eigenvalue weighted by Gasteiger charge is -2.23. The molecule has 0 bridgehead atoms. The number of aromatic nitrogens is 2. The first-order chi connectivity index (χ1) is 14.0. The minimum atomic E-state index is -0.565. The van der Waals surface area contributed by atoms with Crippen LogP contribution >= 0.6 is 11.6 Å². The average Bonchev–Trinajstić information content (AvgIpc) is 2.73. The van der Waals surface area contributed by atoms with Gasteiger partial charge < -0.3 is 15.0 Å². The van der Waals surface area contributed by atoms with Crippen molar-refractivity contribution < 1.29 is 9.53 Å². The molecule has 0 saturated carbocycles. The van der Waals surface area contributed by atoms with Crippen molar-refractivity contribution in [2.75, 3.05) is 19.4 Å².